The van der Waals surface area contributed by atoms with E-state index in [4.69, 9.17) is 8.83 Å². The van der Waals surface area contributed by atoms with Crippen LogP contribution in [0.3, 0.4) is 0 Å². The second kappa shape index (κ2) is 36.6. The molecular formula is C106H129N7O2S2. The molecule has 0 spiro atoms. The fourth-order valence-electron chi connectivity index (χ4n) is 13.3. The molecule has 11 heteroatoms. The maximum absolute atomic E-state index is 5.24. The van der Waals surface area contributed by atoms with E-state index < -0.39 is 0 Å². The molecule has 0 N–H and O–H groups in total. The minimum Gasteiger partial charge on any atom is -0.443 e. The highest BCUT2D eigenvalue weighted by Crippen LogP contribution is 2.31. The third-order valence-electron chi connectivity index (χ3n) is 21.3. The van der Waals surface area contributed by atoms with E-state index >= 15 is 0 Å². The molecule has 9 nitrogen and oxygen atoms in total. The predicted octanol–water partition coefficient (Wildman–Crippen LogP) is 21.4. The summed E-state index contributed by atoms with van der Waals surface area (Å²) in [5.41, 5.74) is 23.3. The molecule has 0 bridgehead atoms. The lowest BCUT2D eigenvalue weighted by molar-refractivity contribution is 0.566. The van der Waals surface area contributed by atoms with Gasteiger partial charge in [0.25, 0.3) is 0 Å². The molecule has 6 aromatic carbocycles. The topological polar surface area (TPSA) is 117 Å². The van der Waals surface area contributed by atoms with Gasteiger partial charge in [-0.15, -0.1) is 22.7 Å². The van der Waals surface area contributed by atoms with Gasteiger partial charge in [0.05, 0.1) is 47.5 Å². The SMILES string of the molecule is CC(C)(C)c1ccc2c(c1)=CCC=2.CC(C)(C)c1ccc2c(c1)=CCC=2.CC(C)(C)c1ccc2c(n1)=CCC=2.CC(C)(C)c1ccc2c(n1)=CCC=2.CC(C)(C)c1ccc2ncoc2c1.CC(C)(C)c1ccc2ncsc2c1.CC(C)(C)c1ccc2ocnc2c1.CC(C)(C)c1ccc2scnc2c1.CC(C)(C)c1cnc2c(c1)=CCC=2. The zero-order valence-electron chi connectivity index (χ0n) is 75.2. The number of hydrogen-bond donors (Lipinski definition) is 0. The molecule has 0 saturated heterocycles. The molecule has 0 aliphatic heterocycles. The highest BCUT2D eigenvalue weighted by atomic mass is 32.1. The van der Waals surface area contributed by atoms with Crippen LogP contribution in [0.15, 0.2) is 178 Å². The van der Waals surface area contributed by atoms with Gasteiger partial charge in [0, 0.05) is 28.4 Å². The summed E-state index contributed by atoms with van der Waals surface area (Å²) >= 11 is 3.40. The molecule has 0 radical (unpaired) electrons. The molecule has 0 atom stereocenters. The maximum Gasteiger partial charge on any atom is 0.181 e. The van der Waals surface area contributed by atoms with Crippen LogP contribution < -0.4 is 52.6 Å². The largest absolute Gasteiger partial charge is 0.443 e. The van der Waals surface area contributed by atoms with Gasteiger partial charge in [-0.2, -0.15) is 0 Å². The maximum atomic E-state index is 5.24. The highest BCUT2D eigenvalue weighted by molar-refractivity contribution is 7.17. The fraction of sp³-hybridized carbons (Fsp3) is 0.387. The summed E-state index contributed by atoms with van der Waals surface area (Å²) in [5.74, 6) is 0. The second-order valence-corrected chi connectivity index (χ2v) is 42.1. The monoisotopic (exact) mass is 1600 g/mol. The lowest BCUT2D eigenvalue weighted by Crippen LogP contribution is -2.29. The van der Waals surface area contributed by atoms with Crippen molar-refractivity contribution in [2.75, 3.05) is 0 Å². The Kier molecular flexibility index (Phi) is 28.0. The van der Waals surface area contributed by atoms with Crippen LogP contribution in [0.1, 0.15) is 269 Å². The van der Waals surface area contributed by atoms with E-state index in [9.17, 15) is 0 Å². The van der Waals surface area contributed by atoms with Gasteiger partial charge in [-0.1, -0.05) is 320 Å². The summed E-state index contributed by atoms with van der Waals surface area (Å²) in [6, 6.07) is 49.8. The number of aromatic nitrogens is 7. The lowest BCUT2D eigenvalue weighted by atomic mass is 9.87. The van der Waals surface area contributed by atoms with Gasteiger partial charge in [0.15, 0.2) is 24.0 Å². The van der Waals surface area contributed by atoms with Crippen LogP contribution in [-0.4, -0.2) is 34.9 Å². The van der Waals surface area contributed by atoms with E-state index in [-0.39, 0.29) is 48.7 Å². The third-order valence-corrected chi connectivity index (χ3v) is 22.9. The first-order chi connectivity index (χ1) is 54.6. The van der Waals surface area contributed by atoms with Crippen LogP contribution >= 0.6 is 22.7 Å². The quantitative estimate of drug-likeness (QED) is 0.146. The average Bonchev–Trinajstić information content (AvgIpc) is 1.85. The third kappa shape index (κ3) is 24.9. The molecular weight excluding hydrogens is 1470 g/mol. The standard InChI is InChI=1S/2C13H16.3C12H15N.2C11H13NO.2C11H13NS/c2*1-13(2,3)12-8-7-10-5-4-6-11(10)9-12;1-12(2,3)10-7-9-5-4-6-11(9)13-8-10;2*1-12(2,3)11-8-7-9-5-4-6-10(9)13-11;1-11(2,3)8-4-5-10-9(6-8)12-7-13-10;1-11(2,3)8-4-5-9-10(6-8)13-7-12-9;1-11(2,3)8-4-5-10-9(6-8)12-7-13-10;1-11(2,3)8-4-5-9-10(6-8)13-7-12-9/h2*5-9H,4H2,1-3H3;3*5-8H,4H2,1-3H3;4*4-7H,1-3H3. The van der Waals surface area contributed by atoms with Crippen LogP contribution in [0.25, 0.3) is 103 Å². The molecule has 117 heavy (non-hydrogen) atoms. The van der Waals surface area contributed by atoms with Crippen molar-refractivity contribution in [1.82, 2.24) is 34.9 Å². The van der Waals surface area contributed by atoms with Crippen LogP contribution in [0.2, 0.25) is 0 Å². The van der Waals surface area contributed by atoms with Crippen molar-refractivity contribution < 1.29 is 8.83 Å². The Morgan fingerprint density at radius 1 is 0.239 bits per heavy atom. The smallest absolute Gasteiger partial charge is 0.181 e. The van der Waals surface area contributed by atoms with Crippen molar-refractivity contribution in [3.63, 3.8) is 0 Å². The van der Waals surface area contributed by atoms with Crippen LogP contribution in [-0.2, 0) is 48.7 Å². The minimum absolute atomic E-state index is 0.158. The predicted molar refractivity (Wildman–Crippen MR) is 505 cm³/mol. The van der Waals surface area contributed by atoms with E-state index in [1.165, 1.54) is 109 Å². The van der Waals surface area contributed by atoms with E-state index in [1.807, 2.05) is 29.4 Å². The first-order valence-electron chi connectivity index (χ1n) is 41.6. The van der Waals surface area contributed by atoms with Crippen molar-refractivity contribution >= 4 is 126 Å². The molecule has 18 rings (SSSR count). The molecule has 7 aromatic heterocycles. The van der Waals surface area contributed by atoms with E-state index in [0.29, 0.717) is 0 Å². The van der Waals surface area contributed by atoms with E-state index in [1.54, 1.807) is 22.7 Å². The number of thiazole rings is 2. The molecule has 0 amide bonds. The molecule has 5 aliphatic carbocycles. The van der Waals surface area contributed by atoms with Crippen molar-refractivity contribution in [3.8, 4) is 0 Å². The average molecular weight is 1600 g/mol. The van der Waals surface area contributed by atoms with Gasteiger partial charge in [-0.3, -0.25) is 15.0 Å². The Bertz CT molecular complexity index is 5480. The number of oxazole rings is 2. The van der Waals surface area contributed by atoms with Crippen LogP contribution in [0.5, 0.6) is 0 Å². The Balaban J connectivity index is 0.000000139. The Hall–Kier alpha value is -9.81. The zero-order valence-corrected chi connectivity index (χ0v) is 76.9. The fourth-order valence-corrected chi connectivity index (χ4v) is 14.7. The molecule has 7 heterocycles. The van der Waals surface area contributed by atoms with E-state index in [2.05, 4.69) is 410 Å². The second-order valence-electron chi connectivity index (χ2n) is 40.3. The van der Waals surface area contributed by atoms with Crippen molar-refractivity contribution in [3.05, 3.63) is 272 Å². The Labute approximate surface area is 705 Å². The summed E-state index contributed by atoms with van der Waals surface area (Å²) in [5, 5.41) is 12.9. The highest BCUT2D eigenvalue weighted by Gasteiger charge is 2.22. The number of rotatable bonds is 0. The minimum atomic E-state index is 0.158. The molecule has 13 aromatic rings. The van der Waals surface area contributed by atoms with E-state index in [0.717, 1.165) is 81.4 Å². The number of pyridine rings is 3. The number of fused-ring (bicyclic) bond motifs is 9. The Morgan fingerprint density at radius 2 is 0.590 bits per heavy atom. The molecule has 5 aliphatic rings. The van der Waals surface area contributed by atoms with Crippen LogP contribution in [0, 0.1) is 0 Å². The van der Waals surface area contributed by atoms with Crippen molar-refractivity contribution in [1.29, 1.82) is 0 Å². The van der Waals surface area contributed by atoms with Gasteiger partial charge in [0.2, 0.25) is 0 Å². The first kappa shape index (κ1) is 89.5. The molecule has 0 unspecified atom stereocenters. The summed E-state index contributed by atoms with van der Waals surface area (Å²) in [4.78, 5) is 30.5. The van der Waals surface area contributed by atoms with Crippen molar-refractivity contribution in [2.24, 2.45) is 0 Å². The summed E-state index contributed by atoms with van der Waals surface area (Å²) in [7, 11) is 0. The Morgan fingerprint density at radius 3 is 1.09 bits per heavy atom. The van der Waals surface area contributed by atoms with Gasteiger partial charge in [-0.25, -0.2) is 19.9 Å². The van der Waals surface area contributed by atoms with Gasteiger partial charge in [0.1, 0.15) is 11.0 Å². The number of hydrogen-bond acceptors (Lipinski definition) is 11. The molecule has 0 saturated carbocycles. The van der Waals surface area contributed by atoms with Crippen LogP contribution in [0.4, 0.5) is 0 Å². The van der Waals surface area contributed by atoms with Gasteiger partial charge in [-0.05, 0) is 212 Å². The number of benzene rings is 6. The summed E-state index contributed by atoms with van der Waals surface area (Å²) in [6.07, 6.45) is 32.6. The number of nitrogens with zero attached hydrogens (tertiary/aromatic N) is 7. The zero-order chi connectivity index (χ0) is 85.3. The lowest BCUT2D eigenvalue weighted by Gasteiger charge is -2.18. The normalized spacial score (nSPS) is 13.6. The summed E-state index contributed by atoms with van der Waals surface area (Å²) in [6.45, 7) is 59.8. The van der Waals surface area contributed by atoms with Gasteiger partial charge < -0.3 is 8.83 Å². The molecule has 0 fully saturated rings. The first-order valence-corrected chi connectivity index (χ1v) is 43.4. The van der Waals surface area contributed by atoms with Gasteiger partial charge >= 0.3 is 0 Å². The molecule has 612 valence electrons. The summed E-state index contributed by atoms with van der Waals surface area (Å²) < 4.78 is 13.0. The van der Waals surface area contributed by atoms with Crippen molar-refractivity contribution in [2.45, 2.75) is 268 Å².